The molecule has 26 heavy (non-hydrogen) atoms. The summed E-state index contributed by atoms with van der Waals surface area (Å²) >= 11 is 0. The smallest absolute Gasteiger partial charge is 0.244 e. The summed E-state index contributed by atoms with van der Waals surface area (Å²) in [6.45, 7) is 1.08. The molecule has 1 heterocycles. The van der Waals surface area contributed by atoms with Crippen molar-refractivity contribution in [2.75, 3.05) is 19.6 Å². The Kier molecular flexibility index (Phi) is 5.90. The first-order valence-corrected chi connectivity index (χ1v) is 10.4. The fourth-order valence-electron chi connectivity index (χ4n) is 3.49. The molecule has 2 aromatic carbocycles. The fraction of sp³-hybridized carbons (Fsp3) is 0.421. The first kappa shape index (κ1) is 18.8. The van der Waals surface area contributed by atoms with Crippen molar-refractivity contribution in [3.05, 3.63) is 42.5 Å². The standard InChI is InChI=1S/C19H25N3O3S/c20-12-11-19(23)21-14-16-8-3-4-13-22(16)26(24,25)18-10-5-7-15-6-1-2-9-17(15)18/h1-2,5-7,9-10,16H,3-4,8,11-14,20H2,(H,21,23). The Morgan fingerprint density at radius 1 is 1.15 bits per heavy atom. The SMILES string of the molecule is NCCC(=O)NCC1CCCCN1S(=O)(=O)c1cccc2ccccc12. The Labute approximate surface area is 154 Å². The Bertz CT molecular complexity index is 877. The van der Waals surface area contributed by atoms with E-state index in [2.05, 4.69) is 5.32 Å². The number of piperidine rings is 1. The predicted molar refractivity (Wildman–Crippen MR) is 102 cm³/mol. The van der Waals surface area contributed by atoms with Crippen LogP contribution in [-0.4, -0.2) is 44.3 Å². The average molecular weight is 375 g/mol. The molecule has 0 bridgehead atoms. The zero-order valence-corrected chi connectivity index (χ0v) is 15.5. The van der Waals surface area contributed by atoms with Crippen LogP contribution in [0.2, 0.25) is 0 Å². The quantitative estimate of drug-likeness (QED) is 0.806. The van der Waals surface area contributed by atoms with Crippen molar-refractivity contribution in [3.8, 4) is 0 Å². The van der Waals surface area contributed by atoms with E-state index in [9.17, 15) is 13.2 Å². The number of fused-ring (bicyclic) bond motifs is 1. The van der Waals surface area contributed by atoms with Crippen molar-refractivity contribution in [3.63, 3.8) is 0 Å². The van der Waals surface area contributed by atoms with Gasteiger partial charge in [-0.05, 0) is 24.3 Å². The van der Waals surface area contributed by atoms with Gasteiger partial charge in [-0.1, -0.05) is 42.8 Å². The zero-order valence-electron chi connectivity index (χ0n) is 14.7. The van der Waals surface area contributed by atoms with Gasteiger partial charge in [0.25, 0.3) is 0 Å². The number of nitrogens with zero attached hydrogens (tertiary/aromatic N) is 1. The number of nitrogens with two attached hydrogens (primary N) is 1. The fourth-order valence-corrected chi connectivity index (χ4v) is 5.40. The van der Waals surface area contributed by atoms with Gasteiger partial charge < -0.3 is 11.1 Å². The summed E-state index contributed by atoms with van der Waals surface area (Å²) < 4.78 is 28.3. The number of benzene rings is 2. The lowest BCUT2D eigenvalue weighted by Gasteiger charge is -2.35. The lowest BCUT2D eigenvalue weighted by Crippen LogP contribution is -2.49. The molecule has 0 aliphatic carbocycles. The maximum atomic E-state index is 13.4. The highest BCUT2D eigenvalue weighted by molar-refractivity contribution is 7.89. The molecule has 0 radical (unpaired) electrons. The van der Waals surface area contributed by atoms with Gasteiger partial charge in [-0.2, -0.15) is 4.31 Å². The van der Waals surface area contributed by atoms with Crippen LogP contribution < -0.4 is 11.1 Å². The van der Waals surface area contributed by atoms with E-state index in [4.69, 9.17) is 5.73 Å². The maximum Gasteiger partial charge on any atom is 0.244 e. The topological polar surface area (TPSA) is 92.5 Å². The summed E-state index contributed by atoms with van der Waals surface area (Å²) in [7, 11) is -3.64. The molecule has 3 rings (SSSR count). The van der Waals surface area contributed by atoms with Gasteiger partial charge in [-0.25, -0.2) is 8.42 Å². The van der Waals surface area contributed by atoms with Crippen LogP contribution in [0.15, 0.2) is 47.4 Å². The van der Waals surface area contributed by atoms with Crippen LogP contribution >= 0.6 is 0 Å². The van der Waals surface area contributed by atoms with Crippen molar-refractivity contribution in [1.29, 1.82) is 0 Å². The number of hydrogen-bond acceptors (Lipinski definition) is 4. The molecule has 1 saturated heterocycles. The van der Waals surface area contributed by atoms with Crippen LogP contribution in [0.1, 0.15) is 25.7 Å². The van der Waals surface area contributed by atoms with E-state index in [-0.39, 0.29) is 24.9 Å². The minimum Gasteiger partial charge on any atom is -0.354 e. The van der Waals surface area contributed by atoms with Crippen molar-refractivity contribution in [2.45, 2.75) is 36.6 Å². The molecule has 1 fully saturated rings. The Balaban J connectivity index is 1.89. The van der Waals surface area contributed by atoms with E-state index in [1.54, 1.807) is 16.4 Å². The molecule has 1 amide bonds. The van der Waals surface area contributed by atoms with Crippen LogP contribution in [0.4, 0.5) is 0 Å². The monoisotopic (exact) mass is 375 g/mol. The van der Waals surface area contributed by atoms with Gasteiger partial charge in [-0.15, -0.1) is 0 Å². The highest BCUT2D eigenvalue weighted by Crippen LogP contribution is 2.29. The molecular weight excluding hydrogens is 350 g/mol. The molecule has 1 atom stereocenters. The summed E-state index contributed by atoms with van der Waals surface area (Å²) in [6.07, 6.45) is 2.78. The molecule has 2 aromatic rings. The molecule has 7 heteroatoms. The van der Waals surface area contributed by atoms with Crippen LogP contribution in [0.5, 0.6) is 0 Å². The number of carbonyl (C=O) groups is 1. The largest absolute Gasteiger partial charge is 0.354 e. The highest BCUT2D eigenvalue weighted by Gasteiger charge is 2.34. The van der Waals surface area contributed by atoms with Crippen LogP contribution in [0.25, 0.3) is 10.8 Å². The minimum absolute atomic E-state index is 0.138. The molecule has 1 aliphatic rings. The molecule has 3 N–H and O–H groups in total. The number of amides is 1. The third-order valence-electron chi connectivity index (χ3n) is 4.82. The van der Waals surface area contributed by atoms with E-state index in [1.165, 1.54) is 0 Å². The molecule has 0 aromatic heterocycles. The highest BCUT2D eigenvalue weighted by atomic mass is 32.2. The molecule has 1 unspecified atom stereocenters. The molecule has 140 valence electrons. The van der Waals surface area contributed by atoms with Gasteiger partial charge in [0.05, 0.1) is 4.90 Å². The van der Waals surface area contributed by atoms with Crippen molar-refractivity contribution in [1.82, 2.24) is 9.62 Å². The second kappa shape index (κ2) is 8.16. The van der Waals surface area contributed by atoms with Crippen molar-refractivity contribution < 1.29 is 13.2 Å². The van der Waals surface area contributed by atoms with Crippen molar-refractivity contribution >= 4 is 26.7 Å². The van der Waals surface area contributed by atoms with Crippen LogP contribution in [0.3, 0.4) is 0 Å². The summed E-state index contributed by atoms with van der Waals surface area (Å²) in [5, 5.41) is 4.45. The number of sulfonamides is 1. The summed E-state index contributed by atoms with van der Waals surface area (Å²) in [4.78, 5) is 12.1. The van der Waals surface area contributed by atoms with Crippen LogP contribution in [-0.2, 0) is 14.8 Å². The van der Waals surface area contributed by atoms with Gasteiger partial charge in [0.2, 0.25) is 15.9 Å². The van der Waals surface area contributed by atoms with Gasteiger partial charge in [0.15, 0.2) is 0 Å². The maximum absolute atomic E-state index is 13.4. The summed E-state index contributed by atoms with van der Waals surface area (Å²) in [5.74, 6) is -0.138. The first-order chi connectivity index (χ1) is 12.5. The van der Waals surface area contributed by atoms with Gasteiger partial charge >= 0.3 is 0 Å². The Morgan fingerprint density at radius 3 is 2.73 bits per heavy atom. The van der Waals surface area contributed by atoms with E-state index in [1.807, 2.05) is 30.3 Å². The molecule has 6 nitrogen and oxygen atoms in total. The number of carbonyl (C=O) groups excluding carboxylic acids is 1. The van der Waals surface area contributed by atoms with E-state index in [0.717, 1.165) is 30.0 Å². The number of hydrogen-bond donors (Lipinski definition) is 2. The number of nitrogens with one attached hydrogen (secondary N) is 1. The lowest BCUT2D eigenvalue weighted by atomic mass is 10.1. The summed E-state index contributed by atoms with van der Waals surface area (Å²) in [5.41, 5.74) is 5.40. The Morgan fingerprint density at radius 2 is 1.92 bits per heavy atom. The third-order valence-corrected chi connectivity index (χ3v) is 6.83. The molecule has 0 spiro atoms. The second-order valence-corrected chi connectivity index (χ2v) is 8.44. The van der Waals surface area contributed by atoms with Gasteiger partial charge in [0.1, 0.15) is 0 Å². The Hall–Kier alpha value is -1.96. The third kappa shape index (κ3) is 3.90. The minimum atomic E-state index is -3.64. The zero-order chi connectivity index (χ0) is 18.6. The average Bonchev–Trinajstić information content (AvgIpc) is 2.66. The van der Waals surface area contributed by atoms with Gasteiger partial charge in [-0.3, -0.25) is 4.79 Å². The molecule has 0 saturated carbocycles. The van der Waals surface area contributed by atoms with Crippen molar-refractivity contribution in [2.24, 2.45) is 5.73 Å². The lowest BCUT2D eigenvalue weighted by molar-refractivity contribution is -0.121. The van der Waals surface area contributed by atoms with Gasteiger partial charge in [0, 0.05) is 37.5 Å². The molecular formula is C19H25N3O3S. The van der Waals surface area contributed by atoms with E-state index in [0.29, 0.717) is 18.0 Å². The summed E-state index contributed by atoms with van der Waals surface area (Å²) in [6, 6.07) is 12.6. The van der Waals surface area contributed by atoms with E-state index < -0.39 is 10.0 Å². The first-order valence-electron chi connectivity index (χ1n) is 9.00. The van der Waals surface area contributed by atoms with E-state index >= 15 is 0 Å². The van der Waals surface area contributed by atoms with Crippen LogP contribution in [0, 0.1) is 0 Å². The number of rotatable bonds is 6. The second-order valence-electron chi connectivity index (χ2n) is 6.59. The predicted octanol–water partition coefficient (Wildman–Crippen LogP) is 1.85. The molecule has 1 aliphatic heterocycles. The normalized spacial score (nSPS) is 18.7.